The van der Waals surface area contributed by atoms with Crippen molar-refractivity contribution in [2.45, 2.75) is 17.2 Å². The van der Waals surface area contributed by atoms with Gasteiger partial charge in [0, 0.05) is 5.39 Å². The standard InChI is InChI=1S/2C16H12N2O3S.CH4/c19-22(20,21)16-11-14(10-12-6-4-5-9-15(12)16)18-17-13-7-2-1-3-8-13;19-22(20,21)14-9-10-15-12(11-14)5-4-8-16(15)18-17-13-6-2-1-3-7-13;/h2*1-11H,(H,19,20,21);1H4/p-1. The van der Waals surface area contributed by atoms with Gasteiger partial charge in [0.05, 0.1) is 32.5 Å². The molecule has 0 unspecified atom stereocenters. The Morgan fingerprint density at radius 2 is 1.04 bits per heavy atom. The number of azo groups is 2. The Morgan fingerprint density at radius 1 is 0.511 bits per heavy atom. The molecule has 0 aliphatic heterocycles. The maximum atomic E-state index is 11.4. The van der Waals surface area contributed by atoms with Crippen molar-refractivity contribution in [2.75, 3.05) is 0 Å². The predicted molar refractivity (Wildman–Crippen MR) is 174 cm³/mol. The summed E-state index contributed by atoms with van der Waals surface area (Å²) in [7, 11) is -8.80. The van der Waals surface area contributed by atoms with E-state index in [9.17, 15) is 21.4 Å². The van der Waals surface area contributed by atoms with Crippen LogP contribution in [0.2, 0.25) is 0 Å². The molecule has 228 valence electrons. The van der Waals surface area contributed by atoms with Gasteiger partial charge in [0.1, 0.15) is 10.1 Å². The minimum Gasteiger partial charge on any atom is -0.744 e. The number of benzene rings is 6. The van der Waals surface area contributed by atoms with E-state index in [0.29, 0.717) is 33.2 Å². The highest BCUT2D eigenvalue weighted by atomic mass is 32.2. The van der Waals surface area contributed by atoms with Crippen LogP contribution in [0.15, 0.2) is 164 Å². The van der Waals surface area contributed by atoms with Gasteiger partial charge in [0.25, 0.3) is 10.1 Å². The number of nitrogens with zero attached hydrogens (tertiary/aromatic N) is 4. The number of hydrogen-bond acceptors (Lipinski definition) is 9. The molecule has 6 aromatic rings. The molecule has 6 aromatic carbocycles. The molecule has 0 atom stereocenters. The van der Waals surface area contributed by atoms with Gasteiger partial charge in [-0.2, -0.15) is 23.8 Å². The lowest BCUT2D eigenvalue weighted by Crippen LogP contribution is -1.99. The van der Waals surface area contributed by atoms with Crippen molar-refractivity contribution in [1.29, 1.82) is 0 Å². The minimum atomic E-state index is -4.59. The third-order valence-electron chi connectivity index (χ3n) is 6.27. The summed E-state index contributed by atoms with van der Waals surface area (Å²) in [5, 5.41) is 18.9. The third-order valence-corrected chi connectivity index (χ3v) is 8.00. The molecule has 0 aliphatic rings. The maximum absolute atomic E-state index is 11.4. The Labute approximate surface area is 260 Å². The quantitative estimate of drug-likeness (QED) is 0.141. The van der Waals surface area contributed by atoms with Gasteiger partial charge in [-0.3, -0.25) is 4.55 Å². The molecule has 0 saturated heterocycles. The summed E-state index contributed by atoms with van der Waals surface area (Å²) in [6, 6.07) is 37.7. The molecular weight excluding hydrogens is 613 g/mol. The van der Waals surface area contributed by atoms with Crippen LogP contribution < -0.4 is 0 Å². The highest BCUT2D eigenvalue weighted by Gasteiger charge is 2.11. The molecule has 0 heterocycles. The number of rotatable bonds is 6. The monoisotopic (exact) mass is 639 g/mol. The lowest BCUT2D eigenvalue weighted by atomic mass is 10.1. The number of hydrogen-bond donors (Lipinski definition) is 1. The fraction of sp³-hybridized carbons (Fsp3) is 0.0303. The highest BCUT2D eigenvalue weighted by Crippen LogP contribution is 2.31. The normalized spacial score (nSPS) is 11.8. The topological polar surface area (TPSA) is 161 Å². The Kier molecular flexibility index (Phi) is 10.3. The second kappa shape index (κ2) is 14.1. The van der Waals surface area contributed by atoms with Crippen LogP contribution in [-0.4, -0.2) is 25.9 Å². The van der Waals surface area contributed by atoms with E-state index in [-0.39, 0.29) is 17.2 Å². The molecule has 1 N–H and O–H groups in total. The molecule has 0 radical (unpaired) electrons. The first-order chi connectivity index (χ1) is 21.1. The van der Waals surface area contributed by atoms with Crippen LogP contribution in [0.4, 0.5) is 22.7 Å². The molecule has 12 heteroatoms. The first-order valence-electron chi connectivity index (χ1n) is 13.0. The molecule has 0 fully saturated rings. The molecule has 45 heavy (non-hydrogen) atoms. The number of fused-ring (bicyclic) bond motifs is 2. The summed E-state index contributed by atoms with van der Waals surface area (Å²) < 4.78 is 65.8. The van der Waals surface area contributed by atoms with Gasteiger partial charge in [-0.15, -0.1) is 5.11 Å². The van der Waals surface area contributed by atoms with Gasteiger partial charge in [0.2, 0.25) is 0 Å². The van der Waals surface area contributed by atoms with Crippen LogP contribution in [0.3, 0.4) is 0 Å². The van der Waals surface area contributed by atoms with Crippen molar-refractivity contribution < 1.29 is 25.9 Å². The van der Waals surface area contributed by atoms with Crippen molar-refractivity contribution in [2.24, 2.45) is 20.5 Å². The van der Waals surface area contributed by atoms with Crippen LogP contribution in [0.1, 0.15) is 7.43 Å². The van der Waals surface area contributed by atoms with Gasteiger partial charge in [-0.1, -0.05) is 86.3 Å². The zero-order valence-electron chi connectivity index (χ0n) is 22.8. The fourth-order valence-electron chi connectivity index (χ4n) is 4.23. The molecule has 0 aromatic heterocycles. The molecule has 0 bridgehead atoms. The first-order valence-corrected chi connectivity index (χ1v) is 15.9. The summed E-state index contributed by atoms with van der Waals surface area (Å²) in [4.78, 5) is -0.426. The zero-order valence-corrected chi connectivity index (χ0v) is 24.4. The van der Waals surface area contributed by atoms with Gasteiger partial charge in [-0.25, -0.2) is 8.42 Å². The molecule has 0 amide bonds. The molecule has 0 aliphatic carbocycles. The van der Waals surface area contributed by atoms with E-state index in [0.717, 1.165) is 11.1 Å². The summed E-state index contributed by atoms with van der Waals surface area (Å²) >= 11 is 0. The Balaban J connectivity index is 0.000000200. The Hall–Kier alpha value is -5.14. The van der Waals surface area contributed by atoms with E-state index in [2.05, 4.69) is 20.5 Å². The summed E-state index contributed by atoms with van der Waals surface area (Å²) in [6.45, 7) is 0. The maximum Gasteiger partial charge on any atom is 0.294 e. The van der Waals surface area contributed by atoms with Gasteiger partial charge in [-0.05, 0) is 70.8 Å². The van der Waals surface area contributed by atoms with Gasteiger partial charge in [0.15, 0.2) is 0 Å². The fourth-order valence-corrected chi connectivity index (χ4v) is 5.47. The minimum absolute atomic E-state index is 0. The van der Waals surface area contributed by atoms with Crippen LogP contribution >= 0.6 is 0 Å². The first kappa shape index (κ1) is 32.8. The highest BCUT2D eigenvalue weighted by molar-refractivity contribution is 7.86. The predicted octanol–water partition coefficient (Wildman–Crippen LogP) is 9.30. The van der Waals surface area contributed by atoms with Crippen molar-refractivity contribution in [3.8, 4) is 0 Å². The molecular formula is C33H27N4O6S2-. The van der Waals surface area contributed by atoms with Crippen molar-refractivity contribution in [3.63, 3.8) is 0 Å². The average molecular weight is 640 g/mol. The largest absolute Gasteiger partial charge is 0.744 e. The van der Waals surface area contributed by atoms with E-state index in [1.807, 2.05) is 48.5 Å². The second-order valence-corrected chi connectivity index (χ2v) is 12.1. The van der Waals surface area contributed by atoms with E-state index in [1.54, 1.807) is 66.7 Å². The van der Waals surface area contributed by atoms with Crippen molar-refractivity contribution in [3.05, 3.63) is 133 Å². The SMILES string of the molecule is C.O=S(=O)(O)c1ccc2c(N=Nc3ccccc3)cccc2c1.O=S(=O)([O-])c1cc(N=Nc2ccccc2)cc2ccccc12. The van der Waals surface area contributed by atoms with E-state index in [1.165, 1.54) is 18.2 Å². The third kappa shape index (κ3) is 8.49. The van der Waals surface area contributed by atoms with E-state index in [4.69, 9.17) is 4.55 Å². The molecule has 10 nitrogen and oxygen atoms in total. The molecule has 0 spiro atoms. The van der Waals surface area contributed by atoms with E-state index >= 15 is 0 Å². The Morgan fingerprint density at radius 3 is 1.67 bits per heavy atom. The zero-order chi connectivity index (χ0) is 31.2. The van der Waals surface area contributed by atoms with Gasteiger partial charge >= 0.3 is 0 Å². The van der Waals surface area contributed by atoms with Crippen molar-refractivity contribution in [1.82, 2.24) is 0 Å². The average Bonchev–Trinajstić information content (AvgIpc) is 3.02. The van der Waals surface area contributed by atoms with Crippen LogP contribution in [0.25, 0.3) is 21.5 Å². The van der Waals surface area contributed by atoms with Gasteiger partial charge < -0.3 is 4.55 Å². The van der Waals surface area contributed by atoms with E-state index < -0.39 is 20.2 Å². The van der Waals surface area contributed by atoms with Crippen LogP contribution in [-0.2, 0) is 20.2 Å². The summed E-state index contributed by atoms with van der Waals surface area (Å²) in [5.74, 6) is 0. The van der Waals surface area contributed by atoms with Crippen LogP contribution in [0, 0.1) is 0 Å². The summed E-state index contributed by atoms with van der Waals surface area (Å²) in [5.41, 5.74) is 2.32. The smallest absolute Gasteiger partial charge is 0.294 e. The molecule has 6 rings (SSSR count). The lowest BCUT2D eigenvalue weighted by molar-refractivity contribution is 0.464. The van der Waals surface area contributed by atoms with Crippen molar-refractivity contribution >= 4 is 64.5 Å². The lowest BCUT2D eigenvalue weighted by Gasteiger charge is -2.11. The summed E-state index contributed by atoms with van der Waals surface area (Å²) in [6.07, 6.45) is 0. The Bertz CT molecular complexity index is 2220. The molecule has 0 saturated carbocycles. The van der Waals surface area contributed by atoms with Crippen LogP contribution in [0.5, 0.6) is 0 Å². The second-order valence-electron chi connectivity index (χ2n) is 9.33.